The number of pyridine rings is 1. The van der Waals surface area contributed by atoms with Gasteiger partial charge in [0.2, 0.25) is 5.95 Å². The molecule has 0 bridgehead atoms. The van der Waals surface area contributed by atoms with E-state index in [0.717, 1.165) is 4.70 Å². The molecule has 3 nitrogen and oxygen atoms in total. The van der Waals surface area contributed by atoms with E-state index >= 15 is 0 Å². The van der Waals surface area contributed by atoms with Crippen LogP contribution in [0, 0.1) is 5.95 Å². The van der Waals surface area contributed by atoms with Gasteiger partial charge in [-0.1, -0.05) is 11.3 Å². The lowest BCUT2D eigenvalue weighted by atomic mass is 10.5. The lowest BCUT2D eigenvalue weighted by molar-refractivity contribution is 0.581. The number of anilines is 1. The molecule has 62 valence electrons. The Balaban J connectivity index is 2.83. The van der Waals surface area contributed by atoms with Gasteiger partial charge in [-0.15, -0.1) is 0 Å². The van der Waals surface area contributed by atoms with Gasteiger partial charge in [-0.05, 0) is 22.0 Å². The first-order chi connectivity index (χ1) is 5.66. The summed E-state index contributed by atoms with van der Waals surface area (Å²) in [6, 6.07) is 1.62. The number of rotatable bonds is 0. The van der Waals surface area contributed by atoms with Crippen LogP contribution in [0.2, 0.25) is 0 Å². The van der Waals surface area contributed by atoms with E-state index in [-0.39, 0.29) is 0 Å². The zero-order chi connectivity index (χ0) is 8.72. The Morgan fingerprint density at radius 2 is 2.25 bits per heavy atom. The predicted molar refractivity (Wildman–Crippen MR) is 49.5 cm³/mol. The maximum Gasteiger partial charge on any atom is 0.229 e. The third-order valence-electron chi connectivity index (χ3n) is 1.31. The van der Waals surface area contributed by atoms with Crippen LogP contribution in [0.5, 0.6) is 0 Å². The summed E-state index contributed by atoms with van der Waals surface area (Å²) in [5.74, 6) is -0.562. The Morgan fingerprint density at radius 3 is 3.00 bits per heavy atom. The molecular formula is C6H3BrFN3S. The van der Waals surface area contributed by atoms with Crippen LogP contribution in [0.25, 0.3) is 10.3 Å². The lowest BCUT2D eigenvalue weighted by Gasteiger charge is -1.90. The molecule has 0 aromatic carbocycles. The number of hydrogen-bond acceptors (Lipinski definition) is 4. The molecule has 0 saturated carbocycles. The Morgan fingerprint density at radius 1 is 1.50 bits per heavy atom. The molecule has 0 aliphatic rings. The average Bonchev–Trinajstić information content (AvgIpc) is 2.30. The van der Waals surface area contributed by atoms with Crippen molar-refractivity contribution < 1.29 is 4.39 Å². The van der Waals surface area contributed by atoms with Crippen LogP contribution in [0.15, 0.2) is 10.5 Å². The number of nitrogens with two attached hydrogens (primary N) is 1. The molecule has 0 unspecified atom stereocenters. The highest BCUT2D eigenvalue weighted by molar-refractivity contribution is 9.10. The molecule has 2 N–H and O–H groups in total. The summed E-state index contributed by atoms with van der Waals surface area (Å²) >= 11 is 4.31. The Kier molecular flexibility index (Phi) is 1.73. The first-order valence-corrected chi connectivity index (χ1v) is 4.66. The molecule has 0 aliphatic carbocycles. The second kappa shape index (κ2) is 2.63. The van der Waals surface area contributed by atoms with E-state index in [1.54, 1.807) is 6.07 Å². The third kappa shape index (κ3) is 1.16. The molecule has 0 amide bonds. The van der Waals surface area contributed by atoms with Crippen molar-refractivity contribution in [1.29, 1.82) is 0 Å². The van der Waals surface area contributed by atoms with Crippen molar-refractivity contribution in [3.63, 3.8) is 0 Å². The molecule has 0 aliphatic heterocycles. The van der Waals surface area contributed by atoms with Crippen molar-refractivity contribution in [2.24, 2.45) is 0 Å². The SMILES string of the molecule is Nc1nc2nc(F)c(Br)cc2s1. The van der Waals surface area contributed by atoms with Crippen molar-refractivity contribution in [3.05, 3.63) is 16.5 Å². The molecule has 6 heteroatoms. The second-order valence-corrected chi connectivity index (χ2v) is 4.05. The minimum Gasteiger partial charge on any atom is -0.375 e. The van der Waals surface area contributed by atoms with E-state index in [4.69, 9.17) is 5.73 Å². The van der Waals surface area contributed by atoms with Crippen molar-refractivity contribution in [3.8, 4) is 0 Å². The molecule has 2 aromatic heterocycles. The Labute approximate surface area is 79.6 Å². The number of hydrogen-bond donors (Lipinski definition) is 1. The van der Waals surface area contributed by atoms with Gasteiger partial charge in [0.05, 0.1) is 9.17 Å². The summed E-state index contributed by atoms with van der Waals surface area (Å²) in [6.07, 6.45) is 0. The normalized spacial score (nSPS) is 10.8. The van der Waals surface area contributed by atoms with Gasteiger partial charge in [-0.25, -0.2) is 4.98 Å². The fraction of sp³-hybridized carbons (Fsp3) is 0. The number of fused-ring (bicyclic) bond motifs is 1. The largest absolute Gasteiger partial charge is 0.375 e. The summed E-state index contributed by atoms with van der Waals surface area (Å²) in [7, 11) is 0. The van der Waals surface area contributed by atoms with Gasteiger partial charge in [0.25, 0.3) is 0 Å². The quantitative estimate of drug-likeness (QED) is 0.727. The first-order valence-electron chi connectivity index (χ1n) is 3.05. The molecule has 2 aromatic rings. The van der Waals surface area contributed by atoms with Crippen LogP contribution in [0.4, 0.5) is 9.52 Å². The number of aromatic nitrogens is 2. The predicted octanol–water partition coefficient (Wildman–Crippen LogP) is 2.18. The summed E-state index contributed by atoms with van der Waals surface area (Å²) in [6.45, 7) is 0. The maximum atomic E-state index is 12.8. The number of thiazole rings is 1. The molecule has 0 spiro atoms. The Bertz CT molecular complexity index is 403. The number of halogens is 2. The monoisotopic (exact) mass is 247 g/mol. The van der Waals surface area contributed by atoms with Crippen LogP contribution in [0.3, 0.4) is 0 Å². The average molecular weight is 248 g/mol. The molecule has 0 radical (unpaired) electrons. The van der Waals surface area contributed by atoms with Gasteiger partial charge >= 0.3 is 0 Å². The van der Waals surface area contributed by atoms with Gasteiger partial charge in [0.15, 0.2) is 10.8 Å². The van der Waals surface area contributed by atoms with E-state index < -0.39 is 5.95 Å². The summed E-state index contributed by atoms with van der Waals surface area (Å²) in [4.78, 5) is 7.44. The molecule has 12 heavy (non-hydrogen) atoms. The van der Waals surface area contributed by atoms with E-state index in [1.807, 2.05) is 0 Å². The van der Waals surface area contributed by atoms with Crippen molar-refractivity contribution in [2.45, 2.75) is 0 Å². The minimum absolute atomic E-state index is 0.332. The van der Waals surface area contributed by atoms with Gasteiger partial charge < -0.3 is 5.73 Å². The topological polar surface area (TPSA) is 51.8 Å². The van der Waals surface area contributed by atoms with Gasteiger partial charge in [0.1, 0.15) is 0 Å². The van der Waals surface area contributed by atoms with Gasteiger partial charge in [-0.3, -0.25) is 0 Å². The lowest BCUT2D eigenvalue weighted by Crippen LogP contribution is -1.85. The number of nitrogen functional groups attached to an aromatic ring is 1. The van der Waals surface area contributed by atoms with Crippen molar-refractivity contribution in [2.75, 3.05) is 5.73 Å². The van der Waals surface area contributed by atoms with Crippen LogP contribution >= 0.6 is 27.3 Å². The fourth-order valence-electron chi connectivity index (χ4n) is 0.836. The van der Waals surface area contributed by atoms with E-state index in [9.17, 15) is 4.39 Å². The molecular weight excluding hydrogens is 245 g/mol. The summed E-state index contributed by atoms with van der Waals surface area (Å²) in [5.41, 5.74) is 5.78. The van der Waals surface area contributed by atoms with Crippen LogP contribution in [-0.2, 0) is 0 Å². The molecule has 2 rings (SSSR count). The van der Waals surface area contributed by atoms with Crippen LogP contribution in [-0.4, -0.2) is 9.97 Å². The highest BCUT2D eigenvalue weighted by atomic mass is 79.9. The van der Waals surface area contributed by atoms with Gasteiger partial charge in [-0.2, -0.15) is 9.37 Å². The van der Waals surface area contributed by atoms with Crippen LogP contribution < -0.4 is 5.73 Å². The fourth-order valence-corrected chi connectivity index (χ4v) is 2.02. The summed E-state index contributed by atoms with van der Waals surface area (Å²) in [5, 5.41) is 0.398. The zero-order valence-corrected chi connectivity index (χ0v) is 8.12. The maximum absolute atomic E-state index is 12.8. The minimum atomic E-state index is -0.562. The Hall–Kier alpha value is -0.750. The first kappa shape index (κ1) is 7.88. The molecule has 2 heterocycles. The standard InChI is InChI=1S/C6H3BrFN3S/c7-2-1-3-5(10-4(2)8)11-6(9)12-3/h1H,(H2,9,10,11). The molecule has 0 saturated heterocycles. The highest BCUT2D eigenvalue weighted by Crippen LogP contribution is 2.26. The van der Waals surface area contributed by atoms with Crippen molar-refractivity contribution in [1.82, 2.24) is 9.97 Å². The van der Waals surface area contributed by atoms with E-state index in [1.165, 1.54) is 11.3 Å². The second-order valence-electron chi connectivity index (χ2n) is 2.13. The summed E-state index contributed by atoms with van der Waals surface area (Å²) < 4.78 is 13.9. The number of nitrogens with zero attached hydrogens (tertiary/aromatic N) is 2. The van der Waals surface area contributed by atoms with Crippen LogP contribution in [0.1, 0.15) is 0 Å². The van der Waals surface area contributed by atoms with E-state index in [2.05, 4.69) is 25.9 Å². The molecule has 0 fully saturated rings. The van der Waals surface area contributed by atoms with E-state index in [0.29, 0.717) is 15.3 Å². The zero-order valence-electron chi connectivity index (χ0n) is 5.71. The van der Waals surface area contributed by atoms with Crippen molar-refractivity contribution >= 4 is 42.7 Å². The molecule has 0 atom stereocenters. The third-order valence-corrected chi connectivity index (χ3v) is 2.69. The highest BCUT2D eigenvalue weighted by Gasteiger charge is 2.07. The van der Waals surface area contributed by atoms with Gasteiger partial charge in [0, 0.05) is 0 Å². The smallest absolute Gasteiger partial charge is 0.229 e.